The zero-order valence-corrected chi connectivity index (χ0v) is 13.0. The smallest absolute Gasteiger partial charge is 0.203 e. The summed E-state index contributed by atoms with van der Waals surface area (Å²) in [6, 6.07) is 8.67. The summed E-state index contributed by atoms with van der Waals surface area (Å²) >= 11 is 5.90. The maximum absolute atomic E-state index is 5.90. The number of nitrogens with zero attached hydrogens (tertiary/aromatic N) is 2. The van der Waals surface area contributed by atoms with Crippen molar-refractivity contribution >= 4 is 17.5 Å². The normalized spacial score (nSPS) is 16.0. The van der Waals surface area contributed by atoms with Gasteiger partial charge >= 0.3 is 0 Å². The van der Waals surface area contributed by atoms with Gasteiger partial charge in [-0.25, -0.2) is 4.98 Å². The van der Waals surface area contributed by atoms with E-state index in [1.165, 1.54) is 37.7 Å². The molecule has 1 saturated carbocycles. The van der Waals surface area contributed by atoms with Crippen LogP contribution < -0.4 is 5.32 Å². The number of hydrogen-bond donors (Lipinski definition) is 1. The van der Waals surface area contributed by atoms with Crippen LogP contribution in [0.2, 0.25) is 5.02 Å². The summed E-state index contributed by atoms with van der Waals surface area (Å²) in [4.78, 5) is 4.47. The van der Waals surface area contributed by atoms with Crippen LogP contribution in [0.1, 0.15) is 43.7 Å². The molecule has 0 atom stereocenters. The third-order valence-electron chi connectivity index (χ3n) is 4.25. The van der Waals surface area contributed by atoms with Gasteiger partial charge in [0.2, 0.25) is 5.95 Å². The SMILES string of the molecule is Clc1ccc(CCNc2nccn2C2CCCCC2)cc1. The van der Waals surface area contributed by atoms with Crippen LogP contribution in [0.3, 0.4) is 0 Å². The predicted molar refractivity (Wildman–Crippen MR) is 88.0 cm³/mol. The van der Waals surface area contributed by atoms with Gasteiger partial charge in [0.15, 0.2) is 0 Å². The lowest BCUT2D eigenvalue weighted by molar-refractivity contribution is 0.356. The summed E-state index contributed by atoms with van der Waals surface area (Å²) in [5.74, 6) is 1.01. The Morgan fingerprint density at radius 1 is 1.14 bits per heavy atom. The van der Waals surface area contributed by atoms with Gasteiger partial charge in [-0.3, -0.25) is 0 Å². The second-order valence-electron chi connectivity index (χ2n) is 5.75. The van der Waals surface area contributed by atoms with Gasteiger partial charge in [-0.15, -0.1) is 0 Å². The minimum absolute atomic E-state index is 0.624. The second-order valence-corrected chi connectivity index (χ2v) is 6.19. The number of rotatable bonds is 5. The van der Waals surface area contributed by atoms with Crippen LogP contribution in [0, 0.1) is 0 Å². The molecule has 1 aromatic carbocycles. The molecule has 3 rings (SSSR count). The summed E-state index contributed by atoms with van der Waals surface area (Å²) in [6.45, 7) is 0.894. The first-order valence-corrected chi connectivity index (χ1v) is 8.22. The average Bonchev–Trinajstić information content (AvgIpc) is 2.99. The predicted octanol–water partition coefficient (Wildman–Crippen LogP) is 4.70. The molecule has 1 aliphatic carbocycles. The second kappa shape index (κ2) is 6.99. The van der Waals surface area contributed by atoms with E-state index in [4.69, 9.17) is 11.6 Å². The minimum atomic E-state index is 0.624. The van der Waals surface area contributed by atoms with Crippen molar-refractivity contribution in [1.82, 2.24) is 9.55 Å². The molecule has 21 heavy (non-hydrogen) atoms. The van der Waals surface area contributed by atoms with Gasteiger partial charge in [0.25, 0.3) is 0 Å². The third kappa shape index (κ3) is 3.79. The van der Waals surface area contributed by atoms with Gasteiger partial charge in [0, 0.05) is 30.0 Å². The number of nitrogens with one attached hydrogen (secondary N) is 1. The van der Waals surface area contributed by atoms with E-state index in [0.29, 0.717) is 6.04 Å². The molecule has 0 bridgehead atoms. The highest BCUT2D eigenvalue weighted by Gasteiger charge is 2.17. The van der Waals surface area contributed by atoms with E-state index < -0.39 is 0 Å². The Balaban J connectivity index is 1.55. The van der Waals surface area contributed by atoms with Crippen molar-refractivity contribution < 1.29 is 0 Å². The number of hydrogen-bond acceptors (Lipinski definition) is 2. The highest BCUT2D eigenvalue weighted by atomic mass is 35.5. The standard InChI is InChI=1S/C17H22ClN3/c18-15-8-6-14(7-9-15)10-11-19-17-20-12-13-21(17)16-4-2-1-3-5-16/h6-9,12-13,16H,1-5,10-11H2,(H,19,20). The van der Waals surface area contributed by atoms with Crippen LogP contribution in [0.25, 0.3) is 0 Å². The molecule has 0 aliphatic heterocycles. The lowest BCUT2D eigenvalue weighted by Crippen LogP contribution is -2.16. The van der Waals surface area contributed by atoms with Crippen molar-refractivity contribution in [3.05, 3.63) is 47.2 Å². The first-order chi connectivity index (χ1) is 10.3. The zero-order chi connectivity index (χ0) is 14.5. The number of anilines is 1. The van der Waals surface area contributed by atoms with E-state index in [-0.39, 0.29) is 0 Å². The molecule has 3 nitrogen and oxygen atoms in total. The fraction of sp³-hybridized carbons (Fsp3) is 0.471. The maximum atomic E-state index is 5.90. The zero-order valence-electron chi connectivity index (χ0n) is 12.3. The van der Waals surface area contributed by atoms with E-state index >= 15 is 0 Å². The van der Waals surface area contributed by atoms with Gasteiger partial charge in [-0.05, 0) is 37.0 Å². The average molecular weight is 304 g/mol. The molecule has 4 heteroatoms. The number of halogens is 1. The minimum Gasteiger partial charge on any atom is -0.355 e. The van der Waals surface area contributed by atoms with Crippen molar-refractivity contribution in [3.63, 3.8) is 0 Å². The molecule has 0 unspecified atom stereocenters. The van der Waals surface area contributed by atoms with Gasteiger partial charge in [0.05, 0.1) is 0 Å². The Labute approximate surface area is 131 Å². The molecule has 1 aliphatic rings. The van der Waals surface area contributed by atoms with E-state index in [0.717, 1.165) is 23.9 Å². The van der Waals surface area contributed by atoms with Crippen molar-refractivity contribution in [2.24, 2.45) is 0 Å². The highest BCUT2D eigenvalue weighted by Crippen LogP contribution is 2.30. The lowest BCUT2D eigenvalue weighted by atomic mass is 9.95. The summed E-state index contributed by atoms with van der Waals surface area (Å²) in [7, 11) is 0. The number of aromatic nitrogens is 2. The summed E-state index contributed by atoms with van der Waals surface area (Å²) in [6.07, 6.45) is 11.6. The van der Waals surface area contributed by atoms with E-state index in [1.54, 1.807) is 0 Å². The first kappa shape index (κ1) is 14.5. The van der Waals surface area contributed by atoms with Gasteiger partial charge in [-0.1, -0.05) is 43.0 Å². The Hall–Kier alpha value is -1.48. The molecular formula is C17H22ClN3. The van der Waals surface area contributed by atoms with Crippen LogP contribution >= 0.6 is 11.6 Å². The maximum Gasteiger partial charge on any atom is 0.203 e. The Bertz CT molecular complexity index is 556. The molecule has 0 saturated heterocycles. The van der Waals surface area contributed by atoms with Crippen LogP contribution in [0.4, 0.5) is 5.95 Å². The fourth-order valence-corrected chi connectivity index (χ4v) is 3.20. The van der Waals surface area contributed by atoms with Crippen LogP contribution in [-0.2, 0) is 6.42 Å². The Morgan fingerprint density at radius 3 is 2.67 bits per heavy atom. The monoisotopic (exact) mass is 303 g/mol. The van der Waals surface area contributed by atoms with Crippen molar-refractivity contribution in [3.8, 4) is 0 Å². The molecule has 0 amide bonds. The van der Waals surface area contributed by atoms with Crippen LogP contribution in [-0.4, -0.2) is 16.1 Å². The van der Waals surface area contributed by atoms with Crippen molar-refractivity contribution in [2.75, 3.05) is 11.9 Å². The highest BCUT2D eigenvalue weighted by molar-refractivity contribution is 6.30. The first-order valence-electron chi connectivity index (χ1n) is 7.84. The molecule has 2 aromatic rings. The summed E-state index contributed by atoms with van der Waals surface area (Å²) in [5, 5.41) is 4.26. The summed E-state index contributed by atoms with van der Waals surface area (Å²) < 4.78 is 2.32. The largest absolute Gasteiger partial charge is 0.355 e. The van der Waals surface area contributed by atoms with E-state index in [1.807, 2.05) is 18.3 Å². The van der Waals surface area contributed by atoms with E-state index in [2.05, 4.69) is 33.2 Å². The molecule has 1 aromatic heterocycles. The molecule has 1 heterocycles. The van der Waals surface area contributed by atoms with Crippen LogP contribution in [0.5, 0.6) is 0 Å². The van der Waals surface area contributed by atoms with Crippen molar-refractivity contribution in [1.29, 1.82) is 0 Å². The Morgan fingerprint density at radius 2 is 1.90 bits per heavy atom. The molecule has 0 radical (unpaired) electrons. The molecule has 1 fully saturated rings. The number of benzene rings is 1. The topological polar surface area (TPSA) is 29.9 Å². The molecule has 0 spiro atoms. The lowest BCUT2D eigenvalue weighted by Gasteiger charge is -2.24. The van der Waals surface area contributed by atoms with Gasteiger partial charge in [-0.2, -0.15) is 0 Å². The fourth-order valence-electron chi connectivity index (χ4n) is 3.07. The van der Waals surface area contributed by atoms with Gasteiger partial charge < -0.3 is 9.88 Å². The van der Waals surface area contributed by atoms with Gasteiger partial charge in [0.1, 0.15) is 0 Å². The third-order valence-corrected chi connectivity index (χ3v) is 4.50. The quantitative estimate of drug-likeness (QED) is 0.868. The Kier molecular flexibility index (Phi) is 4.81. The molecule has 112 valence electrons. The molecular weight excluding hydrogens is 282 g/mol. The van der Waals surface area contributed by atoms with Crippen molar-refractivity contribution in [2.45, 2.75) is 44.6 Å². The van der Waals surface area contributed by atoms with Crippen LogP contribution in [0.15, 0.2) is 36.7 Å². The summed E-state index contributed by atoms with van der Waals surface area (Å²) in [5.41, 5.74) is 1.29. The number of imidazole rings is 1. The van der Waals surface area contributed by atoms with E-state index in [9.17, 15) is 0 Å². The molecule has 1 N–H and O–H groups in total.